The highest BCUT2D eigenvalue weighted by molar-refractivity contribution is 5.94. The monoisotopic (exact) mass is 325 g/mol. The highest BCUT2D eigenvalue weighted by Crippen LogP contribution is 2.23. The molecule has 1 fully saturated rings. The Kier molecular flexibility index (Phi) is 5.49. The molecule has 4 heteroatoms. The summed E-state index contributed by atoms with van der Waals surface area (Å²) in [6, 6.07) is 15.8. The summed E-state index contributed by atoms with van der Waals surface area (Å²) in [5.41, 5.74) is 2.93. The van der Waals surface area contributed by atoms with Crippen LogP contribution in [0.5, 0.6) is 5.75 Å². The molecular weight excluding hydrogens is 302 g/mol. The average Bonchev–Trinajstić information content (AvgIpc) is 2.67. The Morgan fingerprint density at radius 3 is 2.17 bits per heavy atom. The molecule has 1 aliphatic heterocycles. The molecule has 0 aliphatic carbocycles. The maximum atomic E-state index is 12.4. The second kappa shape index (κ2) is 7.97. The number of benzene rings is 2. The van der Waals surface area contributed by atoms with E-state index in [0.29, 0.717) is 26.3 Å². The lowest BCUT2D eigenvalue weighted by Gasteiger charge is -2.26. The lowest BCUT2D eigenvalue weighted by molar-refractivity contribution is 0.0303. The van der Waals surface area contributed by atoms with Gasteiger partial charge in [-0.15, -0.1) is 0 Å². The molecular formula is C20H23NO3. The molecule has 0 spiro atoms. The smallest absolute Gasteiger partial charge is 0.254 e. The zero-order valence-corrected chi connectivity index (χ0v) is 14.0. The minimum absolute atomic E-state index is 0.0770. The molecule has 1 aliphatic rings. The van der Waals surface area contributed by atoms with E-state index in [1.165, 1.54) is 0 Å². The highest BCUT2D eigenvalue weighted by Gasteiger charge is 2.18. The number of hydrogen-bond donors (Lipinski definition) is 0. The Balaban J connectivity index is 1.68. The fraction of sp³-hybridized carbons (Fsp3) is 0.350. The Hall–Kier alpha value is -2.33. The number of morpholine rings is 1. The summed E-state index contributed by atoms with van der Waals surface area (Å²) in [7, 11) is 0. The minimum atomic E-state index is 0.0770. The second-order valence-corrected chi connectivity index (χ2v) is 5.85. The van der Waals surface area contributed by atoms with Gasteiger partial charge in [0, 0.05) is 18.7 Å². The first-order valence-electron chi connectivity index (χ1n) is 8.48. The molecule has 126 valence electrons. The van der Waals surface area contributed by atoms with Gasteiger partial charge in [0.05, 0.1) is 19.8 Å². The normalized spacial score (nSPS) is 14.5. The summed E-state index contributed by atoms with van der Waals surface area (Å²) in [6.45, 7) is 5.40. The van der Waals surface area contributed by atoms with Crippen molar-refractivity contribution in [2.45, 2.75) is 13.3 Å². The fourth-order valence-electron chi connectivity index (χ4n) is 2.72. The number of carbonyl (C=O) groups excluding carboxylic acids is 1. The van der Waals surface area contributed by atoms with E-state index in [1.807, 2.05) is 53.4 Å². The highest BCUT2D eigenvalue weighted by atomic mass is 16.5. The molecule has 2 aromatic rings. The van der Waals surface area contributed by atoms with Gasteiger partial charge in [-0.3, -0.25) is 4.79 Å². The van der Waals surface area contributed by atoms with Crippen molar-refractivity contribution in [1.82, 2.24) is 4.90 Å². The number of carbonyl (C=O) groups is 1. The van der Waals surface area contributed by atoms with Gasteiger partial charge in [-0.25, -0.2) is 0 Å². The van der Waals surface area contributed by atoms with Crippen LogP contribution < -0.4 is 4.74 Å². The predicted molar refractivity (Wildman–Crippen MR) is 94.4 cm³/mol. The second-order valence-electron chi connectivity index (χ2n) is 5.85. The van der Waals surface area contributed by atoms with Gasteiger partial charge in [-0.1, -0.05) is 31.2 Å². The van der Waals surface area contributed by atoms with Crippen LogP contribution in [-0.4, -0.2) is 43.7 Å². The van der Waals surface area contributed by atoms with Crippen molar-refractivity contribution in [3.8, 4) is 16.9 Å². The van der Waals surface area contributed by atoms with Crippen molar-refractivity contribution >= 4 is 5.91 Å². The number of rotatable bonds is 5. The van der Waals surface area contributed by atoms with Gasteiger partial charge >= 0.3 is 0 Å². The third-order valence-electron chi connectivity index (χ3n) is 4.09. The summed E-state index contributed by atoms with van der Waals surface area (Å²) < 4.78 is 10.9. The van der Waals surface area contributed by atoms with E-state index in [-0.39, 0.29) is 5.91 Å². The first-order valence-corrected chi connectivity index (χ1v) is 8.48. The molecule has 0 atom stereocenters. The van der Waals surface area contributed by atoms with Crippen molar-refractivity contribution in [1.29, 1.82) is 0 Å². The summed E-state index contributed by atoms with van der Waals surface area (Å²) in [6.07, 6.45) is 1.00. The van der Waals surface area contributed by atoms with Crippen molar-refractivity contribution in [2.24, 2.45) is 0 Å². The molecule has 0 radical (unpaired) electrons. The Labute approximate surface area is 143 Å². The number of amides is 1. The summed E-state index contributed by atoms with van der Waals surface area (Å²) >= 11 is 0. The van der Waals surface area contributed by atoms with Crippen LogP contribution in [0.15, 0.2) is 48.5 Å². The molecule has 0 bridgehead atoms. The lowest BCUT2D eigenvalue weighted by atomic mass is 10.0. The van der Waals surface area contributed by atoms with Crippen LogP contribution in [0.2, 0.25) is 0 Å². The quantitative estimate of drug-likeness (QED) is 0.843. The van der Waals surface area contributed by atoms with E-state index in [2.05, 4.69) is 6.92 Å². The largest absolute Gasteiger partial charge is 0.494 e. The summed E-state index contributed by atoms with van der Waals surface area (Å²) in [5.74, 6) is 0.966. The third kappa shape index (κ3) is 3.95. The van der Waals surface area contributed by atoms with Crippen LogP contribution in [0.4, 0.5) is 0 Å². The molecule has 0 unspecified atom stereocenters. The van der Waals surface area contributed by atoms with Gasteiger partial charge in [0.25, 0.3) is 5.91 Å². The molecule has 24 heavy (non-hydrogen) atoms. The van der Waals surface area contributed by atoms with Crippen molar-refractivity contribution in [3.05, 3.63) is 54.1 Å². The average molecular weight is 325 g/mol. The van der Waals surface area contributed by atoms with E-state index in [4.69, 9.17) is 9.47 Å². The first-order chi connectivity index (χ1) is 11.8. The van der Waals surface area contributed by atoms with Crippen LogP contribution >= 0.6 is 0 Å². The van der Waals surface area contributed by atoms with Gasteiger partial charge in [0.15, 0.2) is 0 Å². The van der Waals surface area contributed by atoms with Crippen LogP contribution in [0.25, 0.3) is 11.1 Å². The van der Waals surface area contributed by atoms with Crippen molar-refractivity contribution < 1.29 is 14.3 Å². The van der Waals surface area contributed by atoms with Crippen LogP contribution in [0.3, 0.4) is 0 Å². The zero-order chi connectivity index (χ0) is 16.8. The molecule has 3 rings (SSSR count). The standard InChI is InChI=1S/C20H23NO3/c1-2-13-24-19-9-7-17(8-10-19)16-3-5-18(6-4-16)20(22)21-11-14-23-15-12-21/h3-10H,2,11-15H2,1H3. The SMILES string of the molecule is CCCOc1ccc(-c2ccc(C(=O)N3CCOCC3)cc2)cc1. The van der Waals surface area contributed by atoms with E-state index < -0.39 is 0 Å². The first kappa shape index (κ1) is 16.5. The third-order valence-corrected chi connectivity index (χ3v) is 4.09. The van der Waals surface area contributed by atoms with Crippen molar-refractivity contribution in [3.63, 3.8) is 0 Å². The van der Waals surface area contributed by atoms with Gasteiger partial charge in [-0.2, -0.15) is 0 Å². The fourth-order valence-corrected chi connectivity index (χ4v) is 2.72. The molecule has 2 aromatic carbocycles. The van der Waals surface area contributed by atoms with E-state index in [9.17, 15) is 4.79 Å². The zero-order valence-electron chi connectivity index (χ0n) is 14.0. The maximum Gasteiger partial charge on any atom is 0.254 e. The molecule has 0 saturated carbocycles. The Morgan fingerprint density at radius 2 is 1.58 bits per heavy atom. The maximum absolute atomic E-state index is 12.4. The molecule has 1 saturated heterocycles. The molecule has 0 aromatic heterocycles. The van der Waals surface area contributed by atoms with Gasteiger partial charge in [0.2, 0.25) is 0 Å². The van der Waals surface area contributed by atoms with Gasteiger partial charge in [-0.05, 0) is 41.8 Å². The van der Waals surface area contributed by atoms with E-state index in [0.717, 1.165) is 35.5 Å². The number of hydrogen-bond acceptors (Lipinski definition) is 3. The minimum Gasteiger partial charge on any atom is -0.494 e. The number of nitrogens with zero attached hydrogens (tertiary/aromatic N) is 1. The predicted octanol–water partition coefficient (Wildman–Crippen LogP) is 3.61. The van der Waals surface area contributed by atoms with Gasteiger partial charge < -0.3 is 14.4 Å². The topological polar surface area (TPSA) is 38.8 Å². The van der Waals surface area contributed by atoms with E-state index >= 15 is 0 Å². The van der Waals surface area contributed by atoms with Gasteiger partial charge in [0.1, 0.15) is 5.75 Å². The molecule has 1 amide bonds. The molecule has 4 nitrogen and oxygen atoms in total. The van der Waals surface area contributed by atoms with Crippen LogP contribution in [0.1, 0.15) is 23.7 Å². The van der Waals surface area contributed by atoms with Crippen LogP contribution in [-0.2, 0) is 4.74 Å². The summed E-state index contributed by atoms with van der Waals surface area (Å²) in [5, 5.41) is 0. The molecule has 0 N–H and O–H groups in total. The lowest BCUT2D eigenvalue weighted by Crippen LogP contribution is -2.40. The Morgan fingerprint density at radius 1 is 1.00 bits per heavy atom. The van der Waals surface area contributed by atoms with Crippen molar-refractivity contribution in [2.75, 3.05) is 32.9 Å². The molecule has 1 heterocycles. The number of ether oxygens (including phenoxy) is 2. The van der Waals surface area contributed by atoms with E-state index in [1.54, 1.807) is 0 Å². The Bertz CT molecular complexity index is 658. The van der Waals surface area contributed by atoms with Crippen LogP contribution in [0, 0.1) is 0 Å². The summed E-state index contributed by atoms with van der Waals surface area (Å²) in [4.78, 5) is 14.3.